The minimum Gasteiger partial charge on any atom is -0.375 e. The van der Waals surface area contributed by atoms with Gasteiger partial charge in [-0.25, -0.2) is 0 Å². The zero-order chi connectivity index (χ0) is 13.3. The van der Waals surface area contributed by atoms with Crippen molar-refractivity contribution in [3.8, 4) is 0 Å². The van der Waals surface area contributed by atoms with Crippen LogP contribution in [0.4, 0.5) is 0 Å². The lowest BCUT2D eigenvalue weighted by Gasteiger charge is -2.29. The maximum Gasteiger partial charge on any atom is 0.0600 e. The van der Waals surface area contributed by atoms with Gasteiger partial charge in [0.2, 0.25) is 0 Å². The Labute approximate surface area is 110 Å². The number of nitrogens with one attached hydrogen (secondary N) is 1. The molecule has 2 rings (SSSR count). The van der Waals surface area contributed by atoms with Gasteiger partial charge in [-0.3, -0.25) is 4.98 Å². The second-order valence-electron chi connectivity index (χ2n) is 5.48. The van der Waals surface area contributed by atoms with Crippen LogP contribution < -0.4 is 5.32 Å². The van der Waals surface area contributed by atoms with Gasteiger partial charge >= 0.3 is 0 Å². The van der Waals surface area contributed by atoms with Crippen molar-refractivity contribution < 1.29 is 4.74 Å². The third kappa shape index (κ3) is 2.29. The van der Waals surface area contributed by atoms with Gasteiger partial charge in [-0.15, -0.1) is 0 Å². The van der Waals surface area contributed by atoms with Gasteiger partial charge in [-0.05, 0) is 50.9 Å². The lowest BCUT2D eigenvalue weighted by Crippen LogP contribution is -2.33. The number of hydrogen-bond acceptors (Lipinski definition) is 3. The SMILES string of the molecule is CNC(c1cnccc1C)C1C(C)OC(C)C1C. The molecule has 1 fully saturated rings. The first-order valence-electron chi connectivity index (χ1n) is 6.79. The van der Waals surface area contributed by atoms with Crippen molar-refractivity contribution in [3.63, 3.8) is 0 Å². The molecule has 1 aliphatic heterocycles. The molecular weight excluding hydrogens is 224 g/mol. The average molecular weight is 248 g/mol. The highest BCUT2D eigenvalue weighted by atomic mass is 16.5. The first-order chi connectivity index (χ1) is 8.56. The van der Waals surface area contributed by atoms with E-state index in [1.54, 1.807) is 0 Å². The fourth-order valence-electron chi connectivity index (χ4n) is 3.23. The predicted molar refractivity (Wildman–Crippen MR) is 73.4 cm³/mol. The number of rotatable bonds is 3. The molecule has 0 radical (unpaired) electrons. The Morgan fingerprint density at radius 3 is 2.50 bits per heavy atom. The van der Waals surface area contributed by atoms with Crippen LogP contribution in [0.5, 0.6) is 0 Å². The summed E-state index contributed by atoms with van der Waals surface area (Å²) in [4.78, 5) is 4.27. The summed E-state index contributed by atoms with van der Waals surface area (Å²) in [6.07, 6.45) is 4.45. The molecule has 1 saturated heterocycles. The van der Waals surface area contributed by atoms with E-state index in [9.17, 15) is 0 Å². The third-order valence-electron chi connectivity index (χ3n) is 4.43. The summed E-state index contributed by atoms with van der Waals surface area (Å²) < 4.78 is 5.97. The predicted octanol–water partition coefficient (Wildman–Crippen LogP) is 2.71. The molecule has 0 saturated carbocycles. The molecule has 0 aromatic carbocycles. The summed E-state index contributed by atoms with van der Waals surface area (Å²) in [7, 11) is 2.03. The van der Waals surface area contributed by atoms with Crippen molar-refractivity contribution in [2.24, 2.45) is 11.8 Å². The van der Waals surface area contributed by atoms with Crippen LogP contribution in [0.25, 0.3) is 0 Å². The number of aryl methyl sites for hydroxylation is 1. The smallest absolute Gasteiger partial charge is 0.0600 e. The van der Waals surface area contributed by atoms with Crippen LogP contribution in [0.3, 0.4) is 0 Å². The highest BCUT2D eigenvalue weighted by Crippen LogP contribution is 2.40. The molecule has 5 unspecified atom stereocenters. The highest BCUT2D eigenvalue weighted by molar-refractivity contribution is 5.26. The highest BCUT2D eigenvalue weighted by Gasteiger charge is 2.42. The molecule has 3 heteroatoms. The second kappa shape index (κ2) is 5.37. The van der Waals surface area contributed by atoms with Gasteiger partial charge in [-0.1, -0.05) is 6.92 Å². The maximum absolute atomic E-state index is 5.97. The zero-order valence-electron chi connectivity index (χ0n) is 12.0. The van der Waals surface area contributed by atoms with Gasteiger partial charge in [0.15, 0.2) is 0 Å². The van der Waals surface area contributed by atoms with E-state index in [1.165, 1.54) is 11.1 Å². The monoisotopic (exact) mass is 248 g/mol. The van der Waals surface area contributed by atoms with Crippen LogP contribution in [0, 0.1) is 18.8 Å². The summed E-state index contributed by atoms with van der Waals surface area (Å²) in [5.41, 5.74) is 2.59. The quantitative estimate of drug-likeness (QED) is 0.893. The van der Waals surface area contributed by atoms with E-state index < -0.39 is 0 Å². The number of aromatic nitrogens is 1. The molecule has 1 aliphatic rings. The van der Waals surface area contributed by atoms with Crippen molar-refractivity contribution in [2.75, 3.05) is 7.05 Å². The maximum atomic E-state index is 5.97. The second-order valence-corrected chi connectivity index (χ2v) is 5.48. The molecule has 5 atom stereocenters. The van der Waals surface area contributed by atoms with Crippen molar-refractivity contribution in [2.45, 2.75) is 45.9 Å². The Morgan fingerprint density at radius 2 is 2.00 bits per heavy atom. The van der Waals surface area contributed by atoms with Gasteiger partial charge in [0, 0.05) is 24.4 Å². The first kappa shape index (κ1) is 13.5. The normalized spacial score (nSPS) is 33.6. The Hall–Kier alpha value is -0.930. The Balaban J connectivity index is 2.32. The van der Waals surface area contributed by atoms with Crippen molar-refractivity contribution in [3.05, 3.63) is 29.6 Å². The van der Waals surface area contributed by atoms with E-state index in [-0.39, 0.29) is 6.10 Å². The van der Waals surface area contributed by atoms with Crippen LogP contribution in [-0.4, -0.2) is 24.2 Å². The van der Waals surface area contributed by atoms with Gasteiger partial charge in [0.25, 0.3) is 0 Å². The average Bonchev–Trinajstić information content (AvgIpc) is 2.59. The van der Waals surface area contributed by atoms with E-state index in [0.717, 1.165) is 0 Å². The van der Waals surface area contributed by atoms with Crippen molar-refractivity contribution in [1.29, 1.82) is 0 Å². The van der Waals surface area contributed by atoms with Crippen molar-refractivity contribution in [1.82, 2.24) is 10.3 Å². The molecule has 18 heavy (non-hydrogen) atoms. The zero-order valence-corrected chi connectivity index (χ0v) is 12.0. The van der Waals surface area contributed by atoms with Gasteiger partial charge in [-0.2, -0.15) is 0 Å². The van der Waals surface area contributed by atoms with Crippen molar-refractivity contribution >= 4 is 0 Å². The van der Waals surface area contributed by atoms with Gasteiger partial charge in [0.05, 0.1) is 12.2 Å². The number of ether oxygens (including phenoxy) is 1. The Bertz CT molecular complexity index is 407. The van der Waals surface area contributed by atoms with Crippen LogP contribution >= 0.6 is 0 Å². The van der Waals surface area contributed by atoms with E-state index in [1.807, 2.05) is 19.4 Å². The number of nitrogens with zero attached hydrogens (tertiary/aromatic N) is 1. The number of pyridine rings is 1. The van der Waals surface area contributed by atoms with E-state index in [0.29, 0.717) is 24.0 Å². The van der Waals surface area contributed by atoms with E-state index in [2.05, 4.69) is 44.1 Å². The molecule has 100 valence electrons. The first-order valence-corrected chi connectivity index (χ1v) is 6.79. The summed E-state index contributed by atoms with van der Waals surface area (Å²) in [5, 5.41) is 3.46. The van der Waals surface area contributed by atoms with E-state index in [4.69, 9.17) is 4.74 Å². The summed E-state index contributed by atoms with van der Waals surface area (Å²) in [6.45, 7) is 8.79. The fraction of sp³-hybridized carbons (Fsp3) is 0.667. The molecule has 2 heterocycles. The Kier molecular flexibility index (Phi) is 4.03. The molecule has 0 aliphatic carbocycles. The summed E-state index contributed by atoms with van der Waals surface area (Å²) in [5.74, 6) is 1.05. The van der Waals surface area contributed by atoms with Crippen LogP contribution in [0.1, 0.15) is 37.9 Å². The lowest BCUT2D eigenvalue weighted by atomic mass is 9.80. The minimum atomic E-state index is 0.284. The summed E-state index contributed by atoms with van der Waals surface area (Å²) in [6, 6.07) is 2.39. The molecule has 0 spiro atoms. The van der Waals surface area contributed by atoms with Crippen LogP contribution in [-0.2, 0) is 4.74 Å². The minimum absolute atomic E-state index is 0.284. The molecule has 3 nitrogen and oxygen atoms in total. The standard InChI is InChI=1S/C15H24N2O/c1-9-6-7-17-8-13(9)15(16-5)14-10(2)11(3)18-12(14)4/h6-8,10-12,14-16H,1-5H3. The molecule has 1 aromatic heterocycles. The molecule has 0 bridgehead atoms. The van der Waals surface area contributed by atoms with E-state index >= 15 is 0 Å². The molecular formula is C15H24N2O. The number of hydrogen-bond donors (Lipinski definition) is 1. The summed E-state index contributed by atoms with van der Waals surface area (Å²) >= 11 is 0. The van der Waals surface area contributed by atoms with Gasteiger partial charge < -0.3 is 10.1 Å². The molecule has 0 amide bonds. The Morgan fingerprint density at radius 1 is 1.28 bits per heavy atom. The fourth-order valence-corrected chi connectivity index (χ4v) is 3.23. The largest absolute Gasteiger partial charge is 0.375 e. The van der Waals surface area contributed by atoms with Gasteiger partial charge in [0.1, 0.15) is 0 Å². The topological polar surface area (TPSA) is 34.2 Å². The third-order valence-corrected chi connectivity index (χ3v) is 4.43. The lowest BCUT2D eigenvalue weighted by molar-refractivity contribution is 0.0478. The molecule has 1 N–H and O–H groups in total. The van der Waals surface area contributed by atoms with Crippen LogP contribution in [0.2, 0.25) is 0 Å². The molecule has 1 aromatic rings. The van der Waals surface area contributed by atoms with Crippen LogP contribution in [0.15, 0.2) is 18.5 Å².